The lowest BCUT2D eigenvalue weighted by Crippen LogP contribution is -2.53. The molecule has 1 aromatic heterocycles. The molecule has 1 aliphatic heterocycles. The molecular weight excluding hydrogens is 335 g/mol. The van der Waals surface area contributed by atoms with Crippen LogP contribution in [-0.2, 0) is 9.59 Å². The first-order valence-electron chi connectivity index (χ1n) is 7.93. The molecule has 2 aromatic rings. The molecule has 1 fully saturated rings. The Balaban J connectivity index is 1.78. The van der Waals surface area contributed by atoms with Crippen molar-refractivity contribution in [2.45, 2.75) is 38.9 Å². The summed E-state index contributed by atoms with van der Waals surface area (Å²) in [5.41, 5.74) is 3.11. The monoisotopic (exact) mass is 353 g/mol. The Hall–Kier alpha value is -2.51. The van der Waals surface area contributed by atoms with Gasteiger partial charge in [-0.1, -0.05) is 11.6 Å². The van der Waals surface area contributed by atoms with E-state index in [2.05, 4.69) is 10.3 Å². The van der Waals surface area contributed by atoms with Gasteiger partial charge in [-0.25, -0.2) is 0 Å². The zero-order chi connectivity index (χ0) is 18.4. The number of benzene rings is 1. The fraction of sp³-hybridized carbons (Fsp3) is 0.412. The molecule has 0 radical (unpaired) electrons. The maximum atomic E-state index is 12.7. The Morgan fingerprint density at radius 2 is 1.96 bits per heavy atom. The molecule has 3 N–H and O–H groups in total. The average molecular weight is 353 g/mol. The van der Waals surface area contributed by atoms with Crippen molar-refractivity contribution < 1.29 is 22.8 Å². The molecular formula is C17H18F3N3O2. The molecule has 5 nitrogen and oxygen atoms in total. The van der Waals surface area contributed by atoms with Crippen LogP contribution in [0.4, 0.5) is 18.9 Å². The highest BCUT2D eigenvalue weighted by atomic mass is 19.4. The Morgan fingerprint density at radius 1 is 1.24 bits per heavy atom. The number of hydrogen-bond donors (Lipinski definition) is 3. The van der Waals surface area contributed by atoms with E-state index in [-0.39, 0.29) is 12.8 Å². The van der Waals surface area contributed by atoms with Gasteiger partial charge in [0.15, 0.2) is 0 Å². The predicted molar refractivity (Wildman–Crippen MR) is 87.1 cm³/mol. The van der Waals surface area contributed by atoms with Crippen LogP contribution in [0.25, 0.3) is 10.9 Å². The van der Waals surface area contributed by atoms with E-state index in [1.807, 2.05) is 30.4 Å². The van der Waals surface area contributed by atoms with Crippen molar-refractivity contribution in [1.29, 1.82) is 0 Å². The van der Waals surface area contributed by atoms with Gasteiger partial charge in [0.05, 0.1) is 5.69 Å². The van der Waals surface area contributed by atoms with E-state index in [9.17, 15) is 22.8 Å². The smallest absolute Gasteiger partial charge is 0.357 e. The van der Waals surface area contributed by atoms with Crippen LogP contribution in [0.5, 0.6) is 0 Å². The van der Waals surface area contributed by atoms with Crippen LogP contribution in [-0.4, -0.2) is 29.0 Å². The number of amides is 2. The van der Waals surface area contributed by atoms with Crippen LogP contribution in [0.2, 0.25) is 0 Å². The number of nitrogens with one attached hydrogen (secondary N) is 3. The van der Waals surface area contributed by atoms with Crippen LogP contribution >= 0.6 is 0 Å². The highest BCUT2D eigenvalue weighted by Crippen LogP contribution is 2.31. The van der Waals surface area contributed by atoms with Crippen LogP contribution < -0.4 is 10.6 Å². The number of aromatic nitrogens is 1. The van der Waals surface area contributed by atoms with Crippen LogP contribution in [0.3, 0.4) is 0 Å². The Kier molecular flexibility index (Phi) is 4.22. The van der Waals surface area contributed by atoms with E-state index in [0.29, 0.717) is 5.69 Å². The summed E-state index contributed by atoms with van der Waals surface area (Å²) in [6, 6.07) is 3.82. The standard InChI is InChI=1S/C17H18F3N3O2/c1-8-3-5-12-11(7-8)14(9(2)21-12)23-16(25)10-4-6-13(17(18,19)20)22-15(10)24/h3,5,7,10,13,21H,4,6H2,1-2H3,(H,22,24)(H,23,25). The number of hydrogen-bond acceptors (Lipinski definition) is 2. The molecule has 2 heterocycles. The first-order chi connectivity index (χ1) is 11.7. The fourth-order valence-corrected chi connectivity index (χ4v) is 3.12. The lowest BCUT2D eigenvalue weighted by atomic mass is 9.92. The van der Waals surface area contributed by atoms with Gasteiger partial charge < -0.3 is 15.6 Å². The Bertz CT molecular complexity index is 842. The maximum absolute atomic E-state index is 12.7. The minimum atomic E-state index is -4.50. The average Bonchev–Trinajstić information content (AvgIpc) is 2.82. The second-order valence-corrected chi connectivity index (χ2v) is 6.40. The third kappa shape index (κ3) is 3.33. The molecule has 2 amide bonds. The van der Waals surface area contributed by atoms with Crippen molar-refractivity contribution >= 4 is 28.4 Å². The summed E-state index contributed by atoms with van der Waals surface area (Å²) < 4.78 is 38.1. The number of rotatable bonds is 2. The minimum Gasteiger partial charge on any atom is -0.357 e. The minimum absolute atomic E-state index is 0.137. The van der Waals surface area contributed by atoms with E-state index in [4.69, 9.17) is 0 Å². The quantitative estimate of drug-likeness (QED) is 0.726. The van der Waals surface area contributed by atoms with Gasteiger partial charge in [0.2, 0.25) is 11.8 Å². The van der Waals surface area contributed by atoms with Crippen molar-refractivity contribution in [1.82, 2.24) is 10.3 Å². The van der Waals surface area contributed by atoms with E-state index in [0.717, 1.165) is 22.2 Å². The Labute approximate surface area is 142 Å². The number of fused-ring (bicyclic) bond motifs is 1. The molecule has 1 aromatic carbocycles. The molecule has 1 aliphatic rings. The van der Waals surface area contributed by atoms with Crippen molar-refractivity contribution in [2.75, 3.05) is 5.32 Å². The normalized spacial score (nSPS) is 21.2. The molecule has 0 spiro atoms. The third-order valence-electron chi connectivity index (χ3n) is 4.48. The highest BCUT2D eigenvalue weighted by molar-refractivity contribution is 6.10. The highest BCUT2D eigenvalue weighted by Gasteiger charge is 2.46. The van der Waals surface area contributed by atoms with Crippen molar-refractivity contribution in [3.8, 4) is 0 Å². The number of aromatic amines is 1. The van der Waals surface area contributed by atoms with E-state index in [1.54, 1.807) is 6.92 Å². The van der Waals surface area contributed by atoms with Crippen LogP contribution in [0, 0.1) is 19.8 Å². The number of carbonyl (C=O) groups is 2. The third-order valence-corrected chi connectivity index (χ3v) is 4.48. The van der Waals surface area contributed by atoms with Gasteiger partial charge in [0.25, 0.3) is 0 Å². The van der Waals surface area contributed by atoms with Gasteiger partial charge in [0.1, 0.15) is 12.0 Å². The van der Waals surface area contributed by atoms with Crippen molar-refractivity contribution in [3.63, 3.8) is 0 Å². The summed E-state index contributed by atoms with van der Waals surface area (Å²) in [5.74, 6) is -2.61. The lowest BCUT2D eigenvalue weighted by Gasteiger charge is -2.29. The van der Waals surface area contributed by atoms with Crippen LogP contribution in [0.15, 0.2) is 18.2 Å². The molecule has 25 heavy (non-hydrogen) atoms. The molecule has 2 unspecified atom stereocenters. The fourth-order valence-electron chi connectivity index (χ4n) is 3.12. The number of H-pyrrole nitrogens is 1. The van der Waals surface area contributed by atoms with E-state index >= 15 is 0 Å². The van der Waals surface area contributed by atoms with E-state index < -0.39 is 30.0 Å². The summed E-state index contributed by atoms with van der Waals surface area (Å²) in [6.45, 7) is 3.70. The summed E-state index contributed by atoms with van der Waals surface area (Å²) in [5, 5.41) is 5.40. The second-order valence-electron chi connectivity index (χ2n) is 6.40. The summed E-state index contributed by atoms with van der Waals surface area (Å²) in [6.07, 6.45) is -4.94. The largest absolute Gasteiger partial charge is 0.408 e. The second kappa shape index (κ2) is 6.09. The SMILES string of the molecule is Cc1ccc2[nH]c(C)c(NC(=O)C3CCC(C(F)(F)F)NC3=O)c2c1. The zero-order valence-corrected chi connectivity index (χ0v) is 13.8. The van der Waals surface area contributed by atoms with Crippen molar-refractivity contribution in [2.24, 2.45) is 5.92 Å². The summed E-state index contributed by atoms with van der Waals surface area (Å²) >= 11 is 0. The topological polar surface area (TPSA) is 74.0 Å². The molecule has 0 aliphatic carbocycles. The maximum Gasteiger partial charge on any atom is 0.408 e. The van der Waals surface area contributed by atoms with Gasteiger partial charge in [-0.15, -0.1) is 0 Å². The number of anilines is 1. The number of piperidine rings is 1. The van der Waals surface area contributed by atoms with Crippen LogP contribution in [0.1, 0.15) is 24.1 Å². The van der Waals surface area contributed by atoms with Gasteiger partial charge in [0, 0.05) is 16.6 Å². The first-order valence-corrected chi connectivity index (χ1v) is 7.93. The first kappa shape index (κ1) is 17.3. The van der Waals surface area contributed by atoms with E-state index in [1.165, 1.54) is 0 Å². The number of carbonyl (C=O) groups excluding carboxylic acids is 2. The molecule has 0 saturated carbocycles. The molecule has 0 bridgehead atoms. The number of halogens is 3. The lowest BCUT2D eigenvalue weighted by molar-refractivity contribution is -0.170. The molecule has 2 atom stereocenters. The predicted octanol–water partition coefficient (Wildman–Crippen LogP) is 3.18. The zero-order valence-electron chi connectivity index (χ0n) is 13.8. The van der Waals surface area contributed by atoms with Gasteiger partial charge in [-0.2, -0.15) is 13.2 Å². The number of alkyl halides is 3. The van der Waals surface area contributed by atoms with Gasteiger partial charge in [-0.3, -0.25) is 9.59 Å². The van der Waals surface area contributed by atoms with Crippen molar-refractivity contribution in [3.05, 3.63) is 29.5 Å². The molecule has 8 heteroatoms. The number of aryl methyl sites for hydroxylation is 2. The molecule has 1 saturated heterocycles. The van der Waals surface area contributed by atoms with Gasteiger partial charge in [-0.05, 0) is 38.8 Å². The summed E-state index contributed by atoms with van der Waals surface area (Å²) in [7, 11) is 0. The molecule has 3 rings (SSSR count). The summed E-state index contributed by atoms with van der Waals surface area (Å²) in [4.78, 5) is 27.5. The molecule has 134 valence electrons. The Morgan fingerprint density at radius 3 is 2.60 bits per heavy atom. The van der Waals surface area contributed by atoms with Gasteiger partial charge >= 0.3 is 6.18 Å².